The monoisotopic (exact) mass is 338 g/mol. The summed E-state index contributed by atoms with van der Waals surface area (Å²) in [5, 5.41) is 25.6. The second-order valence-corrected chi connectivity index (χ2v) is 6.10. The molecule has 7 heteroatoms. The first kappa shape index (κ1) is 17.7. The topological polar surface area (TPSA) is 82.3 Å². The van der Waals surface area contributed by atoms with Crippen molar-refractivity contribution in [1.82, 2.24) is 14.9 Å². The molecule has 126 valence electrons. The molecule has 1 atom stereocenters. The van der Waals surface area contributed by atoms with Crippen LogP contribution in [0, 0.1) is 0 Å². The smallest absolute Gasteiger partial charge is 0.146 e. The van der Waals surface area contributed by atoms with Gasteiger partial charge in [-0.05, 0) is 26.0 Å². The summed E-state index contributed by atoms with van der Waals surface area (Å²) >= 11 is 6.28. The van der Waals surface area contributed by atoms with E-state index in [4.69, 9.17) is 16.7 Å². The third-order valence-corrected chi connectivity index (χ3v) is 3.68. The van der Waals surface area contributed by atoms with Gasteiger partial charge in [-0.25, -0.2) is 4.98 Å². The van der Waals surface area contributed by atoms with Crippen LogP contribution in [0.5, 0.6) is 0 Å². The van der Waals surface area contributed by atoms with E-state index in [2.05, 4.69) is 15.6 Å². The first-order chi connectivity index (χ1) is 10.9. The lowest BCUT2D eigenvalue weighted by Crippen LogP contribution is -2.25. The zero-order chi connectivity index (χ0) is 17.0. The Labute approximate surface area is 141 Å². The van der Waals surface area contributed by atoms with Crippen molar-refractivity contribution < 1.29 is 10.2 Å². The van der Waals surface area contributed by atoms with Crippen LogP contribution in [-0.4, -0.2) is 39.0 Å². The van der Waals surface area contributed by atoms with E-state index in [0.29, 0.717) is 17.3 Å². The summed E-state index contributed by atoms with van der Waals surface area (Å²) in [6.07, 6.45) is 2.67. The lowest BCUT2D eigenvalue weighted by molar-refractivity contribution is 0.122. The number of aliphatic hydroxyl groups excluding tert-OH is 2. The molecule has 2 rings (SSSR count). The van der Waals surface area contributed by atoms with Gasteiger partial charge < -0.3 is 20.1 Å². The van der Waals surface area contributed by atoms with Crippen LogP contribution in [0.2, 0.25) is 5.02 Å². The predicted octanol–water partition coefficient (Wildman–Crippen LogP) is 2.13. The summed E-state index contributed by atoms with van der Waals surface area (Å²) in [6.45, 7) is 4.37. The maximum atomic E-state index is 10.1. The third kappa shape index (κ3) is 4.45. The van der Waals surface area contributed by atoms with Crippen LogP contribution in [-0.2, 0) is 7.05 Å². The molecule has 0 saturated carbocycles. The third-order valence-electron chi connectivity index (χ3n) is 3.38. The molecule has 0 spiro atoms. The van der Waals surface area contributed by atoms with Gasteiger partial charge in [0.25, 0.3) is 0 Å². The highest BCUT2D eigenvalue weighted by Crippen LogP contribution is 2.31. The van der Waals surface area contributed by atoms with E-state index in [1.807, 2.05) is 43.8 Å². The van der Waals surface area contributed by atoms with Crippen LogP contribution in [0.25, 0.3) is 11.1 Å². The molecule has 0 aromatic carbocycles. The van der Waals surface area contributed by atoms with Gasteiger partial charge in [0.15, 0.2) is 0 Å². The number of nitrogens with zero attached hydrogens (tertiary/aromatic N) is 2. The number of hydrogen-bond donors (Lipinski definition) is 4. The predicted molar refractivity (Wildman–Crippen MR) is 92.5 cm³/mol. The van der Waals surface area contributed by atoms with Gasteiger partial charge in [-0.3, -0.25) is 5.32 Å². The molecule has 1 unspecified atom stereocenters. The van der Waals surface area contributed by atoms with Gasteiger partial charge in [0.1, 0.15) is 12.0 Å². The standard InChI is InChI=1S/C16H23ClN4O2/c1-10(2)20-15-7-12(13(17)8-19-15)11-6-14(21(3)9-11)16(23)18-4-5-22/h6-10,16,18,22-23H,4-5H2,1-3H3,(H,19,20). The second-order valence-electron chi connectivity index (χ2n) is 5.69. The fourth-order valence-electron chi connectivity index (χ4n) is 2.34. The molecule has 0 saturated heterocycles. The molecule has 0 radical (unpaired) electrons. The molecule has 0 aliphatic carbocycles. The maximum absolute atomic E-state index is 10.1. The van der Waals surface area contributed by atoms with E-state index in [-0.39, 0.29) is 12.6 Å². The van der Waals surface area contributed by atoms with Crippen LogP contribution in [0.4, 0.5) is 5.82 Å². The Morgan fingerprint density at radius 2 is 2.09 bits per heavy atom. The Morgan fingerprint density at radius 3 is 2.74 bits per heavy atom. The minimum atomic E-state index is -0.852. The van der Waals surface area contributed by atoms with Gasteiger partial charge in [-0.15, -0.1) is 0 Å². The van der Waals surface area contributed by atoms with Gasteiger partial charge in [0.2, 0.25) is 0 Å². The molecule has 0 fully saturated rings. The molecule has 2 aromatic heterocycles. The molecular weight excluding hydrogens is 316 g/mol. The molecule has 0 aliphatic heterocycles. The number of halogens is 1. The van der Waals surface area contributed by atoms with Crippen molar-refractivity contribution in [2.75, 3.05) is 18.5 Å². The minimum absolute atomic E-state index is 0.0330. The molecule has 2 heterocycles. The van der Waals surface area contributed by atoms with E-state index in [1.54, 1.807) is 6.20 Å². The van der Waals surface area contributed by atoms with Crippen molar-refractivity contribution in [3.63, 3.8) is 0 Å². The number of hydrogen-bond acceptors (Lipinski definition) is 5. The van der Waals surface area contributed by atoms with Gasteiger partial charge >= 0.3 is 0 Å². The van der Waals surface area contributed by atoms with Crippen molar-refractivity contribution in [2.24, 2.45) is 7.05 Å². The summed E-state index contributed by atoms with van der Waals surface area (Å²) in [4.78, 5) is 4.27. The Balaban J connectivity index is 2.31. The van der Waals surface area contributed by atoms with Crippen molar-refractivity contribution in [3.8, 4) is 11.1 Å². The molecule has 23 heavy (non-hydrogen) atoms. The number of aryl methyl sites for hydroxylation is 1. The van der Waals surface area contributed by atoms with Gasteiger partial charge in [-0.2, -0.15) is 0 Å². The SMILES string of the molecule is CC(C)Nc1cc(-c2cc(C(O)NCCO)n(C)c2)c(Cl)cn1. The summed E-state index contributed by atoms with van der Waals surface area (Å²) < 4.78 is 1.83. The Bertz CT molecular complexity index is 658. The first-order valence-electron chi connectivity index (χ1n) is 7.53. The summed E-state index contributed by atoms with van der Waals surface area (Å²) in [7, 11) is 1.85. The fourth-order valence-corrected chi connectivity index (χ4v) is 2.55. The highest BCUT2D eigenvalue weighted by Gasteiger charge is 2.15. The summed E-state index contributed by atoms with van der Waals surface area (Å²) in [5.41, 5.74) is 2.44. The van der Waals surface area contributed by atoms with E-state index >= 15 is 0 Å². The molecule has 0 bridgehead atoms. The van der Waals surface area contributed by atoms with Gasteiger partial charge in [0.05, 0.1) is 17.3 Å². The lowest BCUT2D eigenvalue weighted by Gasteiger charge is -2.12. The molecule has 0 amide bonds. The summed E-state index contributed by atoms with van der Waals surface area (Å²) in [5.74, 6) is 0.753. The van der Waals surface area contributed by atoms with Crippen molar-refractivity contribution in [1.29, 1.82) is 0 Å². The molecule has 4 N–H and O–H groups in total. The van der Waals surface area contributed by atoms with Crippen molar-refractivity contribution >= 4 is 17.4 Å². The molecular formula is C16H23ClN4O2. The number of rotatable bonds is 7. The fraction of sp³-hybridized carbons (Fsp3) is 0.438. The van der Waals surface area contributed by atoms with Crippen LogP contribution in [0.1, 0.15) is 25.8 Å². The highest BCUT2D eigenvalue weighted by atomic mass is 35.5. The number of aliphatic hydroxyl groups is 2. The quantitative estimate of drug-likeness (QED) is 0.581. The second kappa shape index (κ2) is 7.79. The van der Waals surface area contributed by atoms with Crippen LogP contribution < -0.4 is 10.6 Å². The lowest BCUT2D eigenvalue weighted by atomic mass is 10.1. The number of nitrogens with one attached hydrogen (secondary N) is 2. The normalized spacial score (nSPS) is 12.7. The molecule has 2 aromatic rings. The van der Waals surface area contributed by atoms with Gasteiger partial charge in [0, 0.05) is 43.2 Å². The van der Waals surface area contributed by atoms with E-state index < -0.39 is 6.23 Å². The van der Waals surface area contributed by atoms with Crippen molar-refractivity contribution in [2.45, 2.75) is 26.1 Å². The van der Waals surface area contributed by atoms with E-state index in [0.717, 1.165) is 16.9 Å². The van der Waals surface area contributed by atoms with Crippen LogP contribution >= 0.6 is 11.6 Å². The molecule has 6 nitrogen and oxygen atoms in total. The van der Waals surface area contributed by atoms with Gasteiger partial charge in [-0.1, -0.05) is 11.6 Å². The van der Waals surface area contributed by atoms with Crippen molar-refractivity contribution in [3.05, 3.63) is 35.2 Å². The first-order valence-corrected chi connectivity index (χ1v) is 7.91. The highest BCUT2D eigenvalue weighted by molar-refractivity contribution is 6.33. The zero-order valence-electron chi connectivity index (χ0n) is 13.5. The minimum Gasteiger partial charge on any atom is -0.395 e. The van der Waals surface area contributed by atoms with E-state index in [9.17, 15) is 5.11 Å². The summed E-state index contributed by atoms with van der Waals surface area (Å²) in [6, 6.07) is 4.04. The number of aromatic nitrogens is 2. The largest absolute Gasteiger partial charge is 0.395 e. The van der Waals surface area contributed by atoms with Crippen LogP contribution in [0.15, 0.2) is 24.5 Å². The Hall–Kier alpha value is -1.60. The Kier molecular flexibility index (Phi) is 6.01. The zero-order valence-corrected chi connectivity index (χ0v) is 14.3. The average Bonchev–Trinajstić information content (AvgIpc) is 2.88. The van der Waals surface area contributed by atoms with E-state index in [1.165, 1.54) is 0 Å². The number of anilines is 1. The Morgan fingerprint density at radius 1 is 1.35 bits per heavy atom. The molecule has 0 aliphatic rings. The maximum Gasteiger partial charge on any atom is 0.146 e. The van der Waals surface area contributed by atoms with Crippen LogP contribution in [0.3, 0.4) is 0 Å². The number of pyridine rings is 1. The average molecular weight is 339 g/mol.